The van der Waals surface area contributed by atoms with Gasteiger partial charge in [-0.1, -0.05) is 0 Å². The maximum atomic E-state index is 11.3. The second-order valence-corrected chi connectivity index (χ2v) is 3.35. The average Bonchev–Trinajstić information content (AvgIpc) is 2.21. The number of pyridine rings is 1. The Morgan fingerprint density at radius 1 is 1.62 bits per heavy atom. The van der Waals surface area contributed by atoms with Gasteiger partial charge in [0.25, 0.3) is 11.2 Å². The molecule has 88 valence electrons. The van der Waals surface area contributed by atoms with Crippen molar-refractivity contribution in [2.75, 3.05) is 13.6 Å². The van der Waals surface area contributed by atoms with Crippen LogP contribution in [0.25, 0.3) is 0 Å². The van der Waals surface area contributed by atoms with Crippen molar-refractivity contribution >= 4 is 5.69 Å². The van der Waals surface area contributed by atoms with Gasteiger partial charge in [0.2, 0.25) is 0 Å². The Kier molecular flexibility index (Phi) is 4.15. The van der Waals surface area contributed by atoms with Gasteiger partial charge in [0.05, 0.1) is 23.8 Å². The van der Waals surface area contributed by atoms with Crippen molar-refractivity contribution in [2.24, 2.45) is 0 Å². The summed E-state index contributed by atoms with van der Waals surface area (Å²) in [7, 11) is 1.67. The van der Waals surface area contributed by atoms with Crippen LogP contribution in [-0.4, -0.2) is 34.3 Å². The minimum atomic E-state index is -0.760. The molecule has 0 aliphatic rings. The molecule has 7 heteroatoms. The van der Waals surface area contributed by atoms with E-state index in [2.05, 4.69) is 5.32 Å². The molecule has 0 amide bonds. The summed E-state index contributed by atoms with van der Waals surface area (Å²) in [5.41, 5.74) is -0.544. The molecule has 0 saturated carbocycles. The molecule has 1 aromatic heterocycles. The molecule has 2 N–H and O–H groups in total. The number of aliphatic hydroxyl groups is 1. The highest BCUT2D eigenvalue weighted by Crippen LogP contribution is 2.06. The monoisotopic (exact) mass is 227 g/mol. The zero-order valence-electron chi connectivity index (χ0n) is 8.79. The van der Waals surface area contributed by atoms with E-state index in [1.165, 1.54) is 0 Å². The maximum Gasteiger partial charge on any atom is 0.285 e. The van der Waals surface area contributed by atoms with Crippen LogP contribution in [0.3, 0.4) is 0 Å². The zero-order valence-corrected chi connectivity index (χ0v) is 8.79. The van der Waals surface area contributed by atoms with E-state index in [1.807, 2.05) is 0 Å². The highest BCUT2D eigenvalue weighted by molar-refractivity contribution is 5.24. The van der Waals surface area contributed by atoms with Gasteiger partial charge in [-0.2, -0.15) is 0 Å². The van der Waals surface area contributed by atoms with Gasteiger partial charge in [-0.25, -0.2) is 0 Å². The normalized spacial score (nSPS) is 12.4. The molecule has 16 heavy (non-hydrogen) atoms. The Morgan fingerprint density at radius 3 is 2.88 bits per heavy atom. The fourth-order valence-electron chi connectivity index (χ4n) is 1.30. The van der Waals surface area contributed by atoms with Gasteiger partial charge in [0, 0.05) is 18.7 Å². The van der Waals surface area contributed by atoms with Crippen LogP contribution >= 0.6 is 0 Å². The minimum absolute atomic E-state index is 0.0291. The first-order valence-electron chi connectivity index (χ1n) is 4.72. The van der Waals surface area contributed by atoms with Crippen molar-refractivity contribution in [3.05, 3.63) is 38.8 Å². The standard InChI is InChI=1S/C9H13N3O4/c1-10-4-8(13)6-11-5-7(12(15)16)2-3-9(11)14/h2-3,5,8,10,13H,4,6H2,1H3. The summed E-state index contributed by atoms with van der Waals surface area (Å²) in [6, 6.07) is 2.26. The van der Waals surface area contributed by atoms with E-state index < -0.39 is 11.0 Å². The summed E-state index contributed by atoms with van der Waals surface area (Å²) in [5.74, 6) is 0. The molecule has 0 fully saturated rings. The van der Waals surface area contributed by atoms with Crippen LogP contribution in [0, 0.1) is 10.1 Å². The van der Waals surface area contributed by atoms with Gasteiger partial charge in [-0.05, 0) is 7.05 Å². The fraction of sp³-hybridized carbons (Fsp3) is 0.444. The molecule has 0 saturated heterocycles. The van der Waals surface area contributed by atoms with Gasteiger partial charge >= 0.3 is 0 Å². The van der Waals surface area contributed by atoms with Crippen LogP contribution in [0.4, 0.5) is 5.69 Å². The SMILES string of the molecule is CNCC(O)Cn1cc([N+](=O)[O-])ccc1=O. The number of aromatic nitrogens is 1. The summed E-state index contributed by atoms with van der Waals surface area (Å²) >= 11 is 0. The molecule has 7 nitrogen and oxygen atoms in total. The lowest BCUT2D eigenvalue weighted by Crippen LogP contribution is -2.32. The minimum Gasteiger partial charge on any atom is -0.390 e. The Bertz CT molecular complexity index is 429. The first kappa shape index (κ1) is 12.3. The summed E-state index contributed by atoms with van der Waals surface area (Å²) in [4.78, 5) is 21.3. The van der Waals surface area contributed by atoms with Crippen molar-refractivity contribution in [1.29, 1.82) is 0 Å². The Balaban J connectivity index is 2.90. The Morgan fingerprint density at radius 2 is 2.31 bits per heavy atom. The van der Waals surface area contributed by atoms with E-state index in [1.54, 1.807) is 7.05 Å². The third-order valence-corrected chi connectivity index (χ3v) is 2.03. The van der Waals surface area contributed by atoms with Gasteiger partial charge < -0.3 is 15.0 Å². The predicted octanol–water partition coefficient (Wildman–Crippen LogP) is -0.663. The first-order valence-corrected chi connectivity index (χ1v) is 4.72. The molecule has 1 atom stereocenters. The Labute approximate surface area is 91.5 Å². The van der Waals surface area contributed by atoms with Crippen molar-refractivity contribution in [3.8, 4) is 0 Å². The Hall–Kier alpha value is -1.73. The van der Waals surface area contributed by atoms with Gasteiger partial charge in [0.1, 0.15) is 0 Å². The third kappa shape index (κ3) is 3.14. The lowest BCUT2D eigenvalue weighted by molar-refractivity contribution is -0.385. The molecule has 1 unspecified atom stereocenters. The molecule has 0 aliphatic carbocycles. The number of nitrogens with zero attached hydrogens (tertiary/aromatic N) is 2. The molecular weight excluding hydrogens is 214 g/mol. The van der Waals surface area contributed by atoms with Crippen molar-refractivity contribution in [3.63, 3.8) is 0 Å². The predicted molar refractivity (Wildman–Crippen MR) is 57.3 cm³/mol. The van der Waals surface area contributed by atoms with Crippen LogP contribution in [0.1, 0.15) is 0 Å². The number of nitro groups is 1. The van der Waals surface area contributed by atoms with E-state index in [-0.39, 0.29) is 17.8 Å². The van der Waals surface area contributed by atoms with E-state index >= 15 is 0 Å². The van der Waals surface area contributed by atoms with Gasteiger partial charge in [0.15, 0.2) is 0 Å². The second-order valence-electron chi connectivity index (χ2n) is 3.35. The summed E-state index contributed by atoms with van der Waals surface area (Å²) in [6.45, 7) is 0.344. The molecule has 1 rings (SSSR count). The van der Waals surface area contributed by atoms with E-state index in [0.29, 0.717) is 6.54 Å². The van der Waals surface area contributed by atoms with Crippen LogP contribution < -0.4 is 10.9 Å². The number of hydrogen-bond donors (Lipinski definition) is 2. The van der Waals surface area contributed by atoms with Crippen LogP contribution in [-0.2, 0) is 6.54 Å². The second kappa shape index (κ2) is 5.38. The molecule has 0 spiro atoms. The number of hydrogen-bond acceptors (Lipinski definition) is 5. The van der Waals surface area contributed by atoms with Crippen molar-refractivity contribution < 1.29 is 10.0 Å². The summed E-state index contributed by atoms with van der Waals surface area (Å²) in [6.07, 6.45) is 0.367. The fourth-order valence-corrected chi connectivity index (χ4v) is 1.30. The molecule has 0 aliphatic heterocycles. The molecule has 1 heterocycles. The smallest absolute Gasteiger partial charge is 0.285 e. The van der Waals surface area contributed by atoms with Gasteiger partial charge in [-0.3, -0.25) is 14.9 Å². The van der Waals surface area contributed by atoms with E-state index in [9.17, 15) is 20.0 Å². The molecule has 0 radical (unpaired) electrons. The average molecular weight is 227 g/mol. The number of likely N-dealkylation sites (N-methyl/N-ethyl adjacent to an activating group) is 1. The maximum absolute atomic E-state index is 11.3. The van der Waals surface area contributed by atoms with Crippen molar-refractivity contribution in [2.45, 2.75) is 12.6 Å². The lowest BCUT2D eigenvalue weighted by atomic mass is 10.3. The van der Waals surface area contributed by atoms with E-state index in [0.717, 1.165) is 22.9 Å². The number of nitrogens with one attached hydrogen (secondary N) is 1. The molecule has 0 aromatic carbocycles. The molecular formula is C9H13N3O4. The van der Waals surface area contributed by atoms with Crippen LogP contribution in [0.15, 0.2) is 23.1 Å². The van der Waals surface area contributed by atoms with Crippen molar-refractivity contribution in [1.82, 2.24) is 9.88 Å². The third-order valence-electron chi connectivity index (χ3n) is 2.03. The van der Waals surface area contributed by atoms with Crippen LogP contribution in [0.5, 0.6) is 0 Å². The summed E-state index contributed by atoms with van der Waals surface area (Å²) in [5, 5.41) is 22.7. The topological polar surface area (TPSA) is 97.4 Å². The largest absolute Gasteiger partial charge is 0.390 e. The summed E-state index contributed by atoms with van der Waals surface area (Å²) < 4.78 is 1.13. The molecule has 1 aromatic rings. The highest BCUT2D eigenvalue weighted by Gasteiger charge is 2.10. The first-order chi connectivity index (χ1) is 7.54. The van der Waals surface area contributed by atoms with Gasteiger partial charge in [-0.15, -0.1) is 0 Å². The quantitative estimate of drug-likeness (QED) is 0.514. The van der Waals surface area contributed by atoms with Crippen LogP contribution in [0.2, 0.25) is 0 Å². The lowest BCUT2D eigenvalue weighted by Gasteiger charge is -2.11. The number of rotatable bonds is 5. The van der Waals surface area contributed by atoms with E-state index in [4.69, 9.17) is 0 Å². The zero-order chi connectivity index (χ0) is 12.1. The number of aliphatic hydroxyl groups excluding tert-OH is 1. The highest BCUT2D eigenvalue weighted by atomic mass is 16.6. The molecule has 0 bridgehead atoms.